The van der Waals surface area contributed by atoms with Gasteiger partial charge in [-0.2, -0.15) is 0 Å². The lowest BCUT2D eigenvalue weighted by Crippen LogP contribution is -2.65. The van der Waals surface area contributed by atoms with Gasteiger partial charge in [0.05, 0.1) is 29.0 Å². The van der Waals surface area contributed by atoms with E-state index in [-0.39, 0.29) is 23.6 Å². The van der Waals surface area contributed by atoms with Gasteiger partial charge in [0.2, 0.25) is 0 Å². The fraction of sp³-hybridized carbons (Fsp3) is 0.556. The molecule has 2 aliphatic rings. The van der Waals surface area contributed by atoms with Gasteiger partial charge in [-0.25, -0.2) is 9.78 Å². The molecule has 122 valence electrons. The summed E-state index contributed by atoms with van der Waals surface area (Å²) in [5, 5.41) is 0. The summed E-state index contributed by atoms with van der Waals surface area (Å²) in [4.78, 5) is 16.9. The minimum atomic E-state index is -0.264. The first kappa shape index (κ1) is 14.7. The van der Waals surface area contributed by atoms with E-state index < -0.39 is 0 Å². The highest BCUT2D eigenvalue weighted by Crippen LogP contribution is 2.53. The van der Waals surface area contributed by atoms with E-state index in [1.165, 1.54) is 0 Å². The van der Waals surface area contributed by atoms with Gasteiger partial charge in [0.1, 0.15) is 6.10 Å². The Morgan fingerprint density at radius 3 is 3.09 bits per heavy atom. The van der Waals surface area contributed by atoms with Gasteiger partial charge in [0, 0.05) is 25.0 Å². The van der Waals surface area contributed by atoms with Crippen molar-refractivity contribution >= 4 is 17.0 Å². The zero-order valence-electron chi connectivity index (χ0n) is 13.8. The number of benzene rings is 1. The third kappa shape index (κ3) is 2.17. The second-order valence-electron chi connectivity index (χ2n) is 7.30. The summed E-state index contributed by atoms with van der Waals surface area (Å²) < 4.78 is 13.7. The van der Waals surface area contributed by atoms with Crippen molar-refractivity contribution in [1.29, 1.82) is 0 Å². The first-order chi connectivity index (χ1) is 11.0. The fourth-order valence-electron chi connectivity index (χ4n) is 4.16. The van der Waals surface area contributed by atoms with Crippen LogP contribution in [0.15, 0.2) is 24.5 Å². The molecule has 1 aliphatic carbocycles. The highest BCUT2D eigenvalue weighted by molar-refractivity contribution is 5.93. The van der Waals surface area contributed by atoms with E-state index in [1.54, 1.807) is 12.4 Å². The summed E-state index contributed by atoms with van der Waals surface area (Å²) in [6, 6.07) is 5.53. The van der Waals surface area contributed by atoms with Gasteiger partial charge in [-0.3, -0.25) is 0 Å². The topological polar surface area (TPSA) is 53.4 Å². The number of esters is 1. The quantitative estimate of drug-likeness (QED) is 0.800. The van der Waals surface area contributed by atoms with Crippen LogP contribution < -0.4 is 0 Å². The van der Waals surface area contributed by atoms with E-state index in [0.717, 1.165) is 30.5 Å². The number of carbonyl (C=O) groups excluding carboxylic acids is 1. The summed E-state index contributed by atoms with van der Waals surface area (Å²) in [6.45, 7) is 5.07. The minimum absolute atomic E-state index is 0.0697. The molecule has 0 bridgehead atoms. The van der Waals surface area contributed by atoms with E-state index in [4.69, 9.17) is 9.47 Å². The van der Waals surface area contributed by atoms with Crippen LogP contribution in [-0.4, -0.2) is 34.3 Å². The average molecular weight is 314 g/mol. The molecular formula is C18H22N2O3. The van der Waals surface area contributed by atoms with Crippen molar-refractivity contribution in [3.05, 3.63) is 30.1 Å². The van der Waals surface area contributed by atoms with Gasteiger partial charge in [0.25, 0.3) is 0 Å². The molecule has 1 aliphatic heterocycles. The summed E-state index contributed by atoms with van der Waals surface area (Å²) >= 11 is 0. The molecule has 0 radical (unpaired) electrons. The smallest absolute Gasteiger partial charge is 0.338 e. The van der Waals surface area contributed by atoms with Crippen molar-refractivity contribution in [3.8, 4) is 0 Å². The van der Waals surface area contributed by atoms with Gasteiger partial charge in [0.15, 0.2) is 0 Å². The highest BCUT2D eigenvalue weighted by Gasteiger charge is 2.60. The summed E-state index contributed by atoms with van der Waals surface area (Å²) in [5.41, 5.74) is 2.27. The number of aromatic nitrogens is 2. The fourth-order valence-corrected chi connectivity index (χ4v) is 4.16. The standard InChI is InChI=1S/C18H22N2O3/c1-18(2)15-12(5-4-8-22-15)16(18)23-17(21)11-6-7-14-13(9-11)19-10-20(14)3/h6-7,9-10,12,15-16H,4-5,8H2,1-3H3. The highest BCUT2D eigenvalue weighted by atomic mass is 16.6. The summed E-state index contributed by atoms with van der Waals surface area (Å²) in [5.74, 6) is 0.0703. The third-order valence-corrected chi connectivity index (χ3v) is 5.42. The zero-order valence-corrected chi connectivity index (χ0v) is 13.8. The molecule has 23 heavy (non-hydrogen) atoms. The van der Waals surface area contributed by atoms with Crippen molar-refractivity contribution in [1.82, 2.24) is 9.55 Å². The Bertz CT molecular complexity index is 765. The Morgan fingerprint density at radius 1 is 1.43 bits per heavy atom. The monoisotopic (exact) mass is 314 g/mol. The van der Waals surface area contributed by atoms with Crippen molar-refractivity contribution in [2.45, 2.75) is 38.9 Å². The number of ether oxygens (including phenoxy) is 2. The SMILES string of the molecule is Cn1cnc2cc(C(=O)OC3C4CCCOC4C3(C)C)ccc21. The molecule has 4 rings (SSSR count). The number of carbonyl (C=O) groups is 1. The van der Waals surface area contributed by atoms with E-state index in [1.807, 2.05) is 23.7 Å². The zero-order chi connectivity index (χ0) is 16.2. The van der Waals surface area contributed by atoms with Crippen LogP contribution in [0.3, 0.4) is 0 Å². The van der Waals surface area contributed by atoms with Crippen molar-refractivity contribution < 1.29 is 14.3 Å². The maximum Gasteiger partial charge on any atom is 0.338 e. The Balaban J connectivity index is 1.54. The minimum Gasteiger partial charge on any atom is -0.458 e. The molecule has 1 saturated heterocycles. The molecule has 2 heterocycles. The van der Waals surface area contributed by atoms with Gasteiger partial charge in [-0.05, 0) is 31.0 Å². The van der Waals surface area contributed by atoms with E-state index in [2.05, 4.69) is 18.8 Å². The number of hydrogen-bond donors (Lipinski definition) is 0. The summed E-state index contributed by atoms with van der Waals surface area (Å²) in [7, 11) is 1.94. The number of imidazole rings is 1. The van der Waals surface area contributed by atoms with Gasteiger partial charge < -0.3 is 14.0 Å². The molecule has 2 aromatic rings. The number of rotatable bonds is 2. The predicted molar refractivity (Wildman–Crippen MR) is 86.2 cm³/mol. The number of aryl methyl sites for hydroxylation is 1. The molecule has 0 spiro atoms. The molecule has 0 N–H and O–H groups in total. The lowest BCUT2D eigenvalue weighted by molar-refractivity contribution is -0.243. The van der Waals surface area contributed by atoms with Crippen LogP contribution in [0.2, 0.25) is 0 Å². The second kappa shape index (κ2) is 5.06. The lowest BCUT2D eigenvalue weighted by Gasteiger charge is -2.58. The molecule has 1 aromatic heterocycles. The molecular weight excluding hydrogens is 292 g/mol. The molecule has 5 heteroatoms. The van der Waals surface area contributed by atoms with Crippen LogP contribution in [-0.2, 0) is 16.5 Å². The normalized spacial score (nSPS) is 28.9. The van der Waals surface area contributed by atoms with Gasteiger partial charge in [-0.15, -0.1) is 0 Å². The number of fused-ring (bicyclic) bond motifs is 2. The van der Waals surface area contributed by atoms with Gasteiger partial charge >= 0.3 is 5.97 Å². The van der Waals surface area contributed by atoms with E-state index in [0.29, 0.717) is 11.5 Å². The van der Waals surface area contributed by atoms with E-state index >= 15 is 0 Å². The van der Waals surface area contributed by atoms with Gasteiger partial charge in [-0.1, -0.05) is 13.8 Å². The largest absolute Gasteiger partial charge is 0.458 e. The van der Waals surface area contributed by atoms with Crippen LogP contribution >= 0.6 is 0 Å². The third-order valence-electron chi connectivity index (χ3n) is 5.42. The first-order valence-electron chi connectivity index (χ1n) is 8.22. The number of hydrogen-bond acceptors (Lipinski definition) is 4. The van der Waals surface area contributed by atoms with Crippen LogP contribution in [0.4, 0.5) is 0 Å². The van der Waals surface area contributed by atoms with Crippen molar-refractivity contribution in [2.24, 2.45) is 18.4 Å². The number of nitrogens with zero attached hydrogens (tertiary/aromatic N) is 2. The molecule has 1 saturated carbocycles. The van der Waals surface area contributed by atoms with Crippen LogP contribution in [0.5, 0.6) is 0 Å². The van der Waals surface area contributed by atoms with E-state index in [9.17, 15) is 4.79 Å². The molecule has 2 fully saturated rings. The average Bonchev–Trinajstić information content (AvgIpc) is 2.93. The summed E-state index contributed by atoms with van der Waals surface area (Å²) in [6.07, 6.45) is 4.02. The second-order valence-corrected chi connectivity index (χ2v) is 7.30. The molecule has 3 unspecified atom stereocenters. The molecule has 1 aromatic carbocycles. The lowest BCUT2D eigenvalue weighted by atomic mass is 9.57. The Hall–Kier alpha value is -1.88. The molecule has 0 amide bonds. The van der Waals surface area contributed by atoms with Crippen LogP contribution in [0.1, 0.15) is 37.0 Å². The molecule has 5 nitrogen and oxygen atoms in total. The first-order valence-corrected chi connectivity index (χ1v) is 8.22. The molecule has 3 atom stereocenters. The maximum absolute atomic E-state index is 12.6. The van der Waals surface area contributed by atoms with Crippen molar-refractivity contribution in [2.75, 3.05) is 6.61 Å². The predicted octanol–water partition coefficient (Wildman–Crippen LogP) is 2.93. The maximum atomic E-state index is 12.6. The van der Waals surface area contributed by atoms with Crippen LogP contribution in [0, 0.1) is 11.3 Å². The Labute approximate surface area is 135 Å². The van der Waals surface area contributed by atoms with Crippen LogP contribution in [0.25, 0.3) is 11.0 Å². The Morgan fingerprint density at radius 2 is 2.26 bits per heavy atom. The Kier molecular flexibility index (Phi) is 3.23. The van der Waals surface area contributed by atoms with Crippen molar-refractivity contribution in [3.63, 3.8) is 0 Å².